The predicted octanol–water partition coefficient (Wildman–Crippen LogP) is 6.65. The summed E-state index contributed by atoms with van der Waals surface area (Å²) in [4.78, 5) is 12.7. The zero-order chi connectivity index (χ0) is 23.8. The molecule has 1 N–H and O–H groups in total. The third kappa shape index (κ3) is 6.38. The van der Waals surface area contributed by atoms with Crippen molar-refractivity contribution in [3.05, 3.63) is 92.4 Å². The fourth-order valence-electron chi connectivity index (χ4n) is 3.22. The van der Waals surface area contributed by atoms with Crippen LogP contribution in [0.1, 0.15) is 23.6 Å². The van der Waals surface area contributed by atoms with Gasteiger partial charge in [0.25, 0.3) is 5.91 Å². The van der Waals surface area contributed by atoms with E-state index in [4.69, 9.17) is 21.1 Å². The number of anilines is 1. The molecule has 0 heterocycles. The summed E-state index contributed by atoms with van der Waals surface area (Å²) in [5.41, 5.74) is 3.07. The molecule has 0 aromatic heterocycles. The fraction of sp³-hybridized carbons (Fsp3) is 0.154. The van der Waals surface area contributed by atoms with Crippen molar-refractivity contribution in [2.75, 3.05) is 19.0 Å². The predicted molar refractivity (Wildman–Crippen MR) is 135 cm³/mol. The maximum absolute atomic E-state index is 12.7. The lowest BCUT2D eigenvalue weighted by atomic mass is 10.0. The number of benzene rings is 3. The van der Waals surface area contributed by atoms with E-state index in [2.05, 4.69) is 21.2 Å². The van der Waals surface area contributed by atoms with Crippen LogP contribution in [-0.4, -0.2) is 19.6 Å². The van der Waals surface area contributed by atoms with Gasteiger partial charge < -0.3 is 14.8 Å². The smallest absolute Gasteiger partial charge is 0.266 e. The number of nitriles is 1. The number of amides is 1. The van der Waals surface area contributed by atoms with Gasteiger partial charge in [0.2, 0.25) is 0 Å². The Kier molecular flexibility index (Phi) is 8.53. The Balaban J connectivity index is 1.84. The molecule has 0 spiro atoms. The first-order valence-electron chi connectivity index (χ1n) is 10.2. The Bertz CT molecular complexity index is 1220. The van der Waals surface area contributed by atoms with E-state index >= 15 is 0 Å². The highest BCUT2D eigenvalue weighted by atomic mass is 79.9. The minimum atomic E-state index is -0.503. The molecule has 0 radical (unpaired) electrons. The summed E-state index contributed by atoms with van der Waals surface area (Å²) < 4.78 is 11.8. The van der Waals surface area contributed by atoms with Crippen molar-refractivity contribution in [1.82, 2.24) is 0 Å². The molecule has 168 valence electrons. The molecule has 3 aromatic carbocycles. The van der Waals surface area contributed by atoms with E-state index < -0.39 is 5.91 Å². The lowest BCUT2D eigenvalue weighted by Crippen LogP contribution is -2.13. The number of ether oxygens (including phenoxy) is 2. The van der Waals surface area contributed by atoms with Gasteiger partial charge in [-0.2, -0.15) is 5.26 Å². The van der Waals surface area contributed by atoms with E-state index in [0.29, 0.717) is 40.8 Å². The first-order valence-corrected chi connectivity index (χ1v) is 11.4. The lowest BCUT2D eigenvalue weighted by molar-refractivity contribution is -0.112. The van der Waals surface area contributed by atoms with Gasteiger partial charge in [-0.1, -0.05) is 45.7 Å². The minimum absolute atomic E-state index is 0.0308. The summed E-state index contributed by atoms with van der Waals surface area (Å²) in [5.74, 6) is 0.831. The Morgan fingerprint density at radius 2 is 1.91 bits per heavy atom. The zero-order valence-corrected chi connectivity index (χ0v) is 20.5. The normalized spacial score (nSPS) is 10.9. The molecule has 0 fully saturated rings. The molecular formula is C26H22BrClN2O3. The van der Waals surface area contributed by atoms with Crippen LogP contribution in [0.3, 0.4) is 0 Å². The third-order valence-electron chi connectivity index (χ3n) is 4.82. The van der Waals surface area contributed by atoms with Crippen LogP contribution in [0.4, 0.5) is 5.69 Å². The highest BCUT2D eigenvalue weighted by Crippen LogP contribution is 2.33. The summed E-state index contributed by atoms with van der Waals surface area (Å²) in [6, 6.07) is 20.2. The third-order valence-corrected chi connectivity index (χ3v) is 5.90. The van der Waals surface area contributed by atoms with Gasteiger partial charge in [-0.15, -0.1) is 0 Å². The Labute approximate surface area is 206 Å². The van der Waals surface area contributed by atoms with Crippen molar-refractivity contribution < 1.29 is 14.3 Å². The molecule has 0 aliphatic carbocycles. The molecule has 0 atom stereocenters. The quantitative estimate of drug-likeness (QED) is 0.264. The molecule has 3 aromatic rings. The molecule has 3 rings (SSSR count). The number of carbonyl (C=O) groups is 1. The molecule has 7 heteroatoms. The van der Waals surface area contributed by atoms with E-state index in [0.717, 1.165) is 15.6 Å². The Morgan fingerprint density at radius 1 is 1.18 bits per heavy atom. The summed E-state index contributed by atoms with van der Waals surface area (Å²) in [7, 11) is 1.58. The maximum Gasteiger partial charge on any atom is 0.266 e. The zero-order valence-electron chi connectivity index (χ0n) is 18.2. The van der Waals surface area contributed by atoms with Gasteiger partial charge >= 0.3 is 0 Å². The van der Waals surface area contributed by atoms with Crippen LogP contribution in [0.2, 0.25) is 5.02 Å². The van der Waals surface area contributed by atoms with Crippen LogP contribution in [-0.2, 0) is 11.2 Å². The highest BCUT2D eigenvalue weighted by Gasteiger charge is 2.14. The number of halogens is 2. The van der Waals surface area contributed by atoms with Crippen molar-refractivity contribution in [3.8, 4) is 17.6 Å². The van der Waals surface area contributed by atoms with Crippen molar-refractivity contribution in [1.29, 1.82) is 5.26 Å². The van der Waals surface area contributed by atoms with Gasteiger partial charge in [-0.3, -0.25) is 4.79 Å². The Hall–Kier alpha value is -3.27. The van der Waals surface area contributed by atoms with Crippen molar-refractivity contribution in [3.63, 3.8) is 0 Å². The summed E-state index contributed by atoms with van der Waals surface area (Å²) >= 11 is 9.91. The summed E-state index contributed by atoms with van der Waals surface area (Å²) in [6.07, 6.45) is 2.09. The van der Waals surface area contributed by atoms with Crippen LogP contribution >= 0.6 is 27.5 Å². The van der Waals surface area contributed by atoms with E-state index in [1.165, 1.54) is 6.08 Å². The van der Waals surface area contributed by atoms with Gasteiger partial charge in [-0.05, 0) is 66.6 Å². The first kappa shape index (κ1) is 24.4. The standard InChI is InChI=1S/C26H22BrClN2O3/c1-3-33-21-10-8-20(9-11-21)30-26(31)19(16-29)12-17-13-23(27)22(25(14-17)32-2)15-18-6-4-5-7-24(18)28/h4-14H,3,15H2,1-2H3,(H,30,31)/b19-12+. The highest BCUT2D eigenvalue weighted by molar-refractivity contribution is 9.10. The second-order valence-corrected chi connectivity index (χ2v) is 8.29. The van der Waals surface area contributed by atoms with Crippen molar-refractivity contribution >= 4 is 45.2 Å². The molecule has 0 aliphatic rings. The molecular weight excluding hydrogens is 504 g/mol. The second kappa shape index (κ2) is 11.6. The van der Waals surface area contributed by atoms with E-state index in [9.17, 15) is 10.1 Å². The van der Waals surface area contributed by atoms with Gasteiger partial charge in [0.15, 0.2) is 0 Å². The number of nitrogens with one attached hydrogen (secondary N) is 1. The number of hydrogen-bond acceptors (Lipinski definition) is 4. The van der Waals surface area contributed by atoms with Crippen LogP contribution in [0.25, 0.3) is 6.08 Å². The fourth-order valence-corrected chi connectivity index (χ4v) is 4.02. The first-order chi connectivity index (χ1) is 15.9. The minimum Gasteiger partial charge on any atom is -0.496 e. The van der Waals surface area contributed by atoms with Gasteiger partial charge in [0.05, 0.1) is 13.7 Å². The second-order valence-electron chi connectivity index (χ2n) is 7.03. The number of carbonyl (C=O) groups excluding carboxylic acids is 1. The van der Waals surface area contributed by atoms with Crippen LogP contribution in [0.15, 0.2) is 70.7 Å². The molecule has 5 nitrogen and oxygen atoms in total. The maximum atomic E-state index is 12.7. The van der Waals surface area contributed by atoms with Crippen LogP contribution in [0.5, 0.6) is 11.5 Å². The number of rotatable bonds is 8. The lowest BCUT2D eigenvalue weighted by Gasteiger charge is -2.13. The van der Waals surface area contributed by atoms with Gasteiger partial charge in [0.1, 0.15) is 23.1 Å². The van der Waals surface area contributed by atoms with Crippen molar-refractivity contribution in [2.45, 2.75) is 13.3 Å². The van der Waals surface area contributed by atoms with Gasteiger partial charge in [-0.25, -0.2) is 0 Å². The number of methoxy groups -OCH3 is 1. The van der Waals surface area contributed by atoms with E-state index in [1.54, 1.807) is 37.4 Å². The van der Waals surface area contributed by atoms with Gasteiger partial charge in [0, 0.05) is 27.2 Å². The molecule has 0 aliphatic heterocycles. The molecule has 0 bridgehead atoms. The monoisotopic (exact) mass is 524 g/mol. The van der Waals surface area contributed by atoms with Crippen LogP contribution < -0.4 is 14.8 Å². The molecule has 0 saturated carbocycles. The topological polar surface area (TPSA) is 71.3 Å². The SMILES string of the molecule is CCOc1ccc(NC(=O)/C(C#N)=C/c2cc(Br)c(Cc3ccccc3Cl)c(OC)c2)cc1. The van der Waals surface area contributed by atoms with Crippen molar-refractivity contribution in [2.24, 2.45) is 0 Å². The summed E-state index contributed by atoms with van der Waals surface area (Å²) in [5, 5.41) is 13.0. The largest absolute Gasteiger partial charge is 0.496 e. The molecule has 0 saturated heterocycles. The summed E-state index contributed by atoms with van der Waals surface area (Å²) in [6.45, 7) is 2.46. The average Bonchev–Trinajstić information content (AvgIpc) is 2.81. The number of hydrogen-bond donors (Lipinski definition) is 1. The van der Waals surface area contributed by atoms with Crippen LogP contribution in [0, 0.1) is 11.3 Å². The number of nitrogens with zero attached hydrogens (tertiary/aromatic N) is 1. The van der Waals surface area contributed by atoms with E-state index in [-0.39, 0.29) is 5.57 Å². The molecule has 0 unspecified atom stereocenters. The van der Waals surface area contributed by atoms with E-state index in [1.807, 2.05) is 43.3 Å². The molecule has 33 heavy (non-hydrogen) atoms. The molecule has 1 amide bonds. The Morgan fingerprint density at radius 3 is 2.55 bits per heavy atom. The average molecular weight is 526 g/mol.